The first-order valence-electron chi connectivity index (χ1n) is 6.07. The Morgan fingerprint density at radius 1 is 1.10 bits per heavy atom. The summed E-state index contributed by atoms with van der Waals surface area (Å²) in [5.41, 5.74) is 7.19. The number of aromatic nitrogens is 2. The van der Waals surface area contributed by atoms with Gasteiger partial charge in [-0.2, -0.15) is 5.26 Å². The molecule has 0 amide bonds. The number of nitrogens with two attached hydrogens (primary N) is 1. The van der Waals surface area contributed by atoms with Crippen molar-refractivity contribution in [2.45, 2.75) is 0 Å². The summed E-state index contributed by atoms with van der Waals surface area (Å²) in [5, 5.41) is 8.71. The van der Waals surface area contributed by atoms with Gasteiger partial charge in [-0.15, -0.1) is 0 Å². The normalized spacial score (nSPS) is 10.3. The molecular formula is C15H9FN4O. The minimum Gasteiger partial charge on any atom is -0.433 e. The number of nitriles is 1. The number of nitrogen functional groups attached to an aromatic ring is 1. The van der Waals surface area contributed by atoms with Gasteiger partial charge in [0.2, 0.25) is 0 Å². The van der Waals surface area contributed by atoms with Gasteiger partial charge in [0.25, 0.3) is 5.88 Å². The highest BCUT2D eigenvalue weighted by molar-refractivity contribution is 5.76. The van der Waals surface area contributed by atoms with Crippen LogP contribution in [0.25, 0.3) is 11.0 Å². The van der Waals surface area contributed by atoms with Crippen molar-refractivity contribution in [2.75, 3.05) is 5.73 Å². The molecule has 21 heavy (non-hydrogen) atoms. The first-order chi connectivity index (χ1) is 10.2. The molecule has 0 saturated carbocycles. The SMILES string of the molecule is N#Cc1ccc(Oc2nc3ccccc3nc2N)c(F)c1. The highest BCUT2D eigenvalue weighted by Gasteiger charge is 2.11. The number of halogens is 1. The molecule has 2 N–H and O–H groups in total. The maximum absolute atomic E-state index is 13.8. The summed E-state index contributed by atoms with van der Waals surface area (Å²) in [6, 6.07) is 12.9. The Kier molecular flexibility index (Phi) is 3.09. The molecule has 0 aliphatic carbocycles. The molecule has 0 radical (unpaired) electrons. The summed E-state index contributed by atoms with van der Waals surface area (Å²) in [5.74, 6) is -0.636. The third kappa shape index (κ3) is 2.44. The Labute approximate surface area is 119 Å². The van der Waals surface area contributed by atoms with Crippen molar-refractivity contribution >= 4 is 16.9 Å². The summed E-state index contributed by atoms with van der Waals surface area (Å²) >= 11 is 0. The van der Waals surface area contributed by atoms with Crippen LogP contribution < -0.4 is 10.5 Å². The van der Waals surface area contributed by atoms with Crippen LogP contribution in [0.3, 0.4) is 0 Å². The van der Waals surface area contributed by atoms with Gasteiger partial charge < -0.3 is 10.5 Å². The molecule has 0 aliphatic heterocycles. The molecule has 0 fully saturated rings. The fraction of sp³-hybridized carbons (Fsp3) is 0. The number of para-hydroxylation sites is 2. The van der Waals surface area contributed by atoms with Gasteiger partial charge in [-0.3, -0.25) is 0 Å². The van der Waals surface area contributed by atoms with Crippen molar-refractivity contribution in [3.63, 3.8) is 0 Å². The second-order valence-corrected chi connectivity index (χ2v) is 4.26. The Hall–Kier alpha value is -3.20. The van der Waals surface area contributed by atoms with Gasteiger partial charge in [-0.1, -0.05) is 12.1 Å². The summed E-state index contributed by atoms with van der Waals surface area (Å²) in [4.78, 5) is 8.36. The number of rotatable bonds is 2. The van der Waals surface area contributed by atoms with Crippen molar-refractivity contribution in [2.24, 2.45) is 0 Å². The van der Waals surface area contributed by atoms with E-state index in [9.17, 15) is 4.39 Å². The lowest BCUT2D eigenvalue weighted by molar-refractivity contribution is 0.429. The molecule has 0 unspecified atom stereocenters. The lowest BCUT2D eigenvalue weighted by atomic mass is 10.2. The van der Waals surface area contributed by atoms with Gasteiger partial charge in [0.1, 0.15) is 0 Å². The Balaban J connectivity index is 2.02. The van der Waals surface area contributed by atoms with E-state index in [1.54, 1.807) is 18.2 Å². The molecule has 6 heteroatoms. The first kappa shape index (κ1) is 12.8. The highest BCUT2D eigenvalue weighted by Crippen LogP contribution is 2.28. The van der Waals surface area contributed by atoms with Crippen LogP contribution in [0.15, 0.2) is 42.5 Å². The first-order valence-corrected chi connectivity index (χ1v) is 6.07. The van der Waals surface area contributed by atoms with Gasteiger partial charge in [0.05, 0.1) is 22.7 Å². The predicted molar refractivity (Wildman–Crippen MR) is 75.1 cm³/mol. The molecule has 1 aromatic heterocycles. The minimum absolute atomic E-state index is 0.0253. The van der Waals surface area contributed by atoms with E-state index in [1.807, 2.05) is 12.1 Å². The molecule has 3 rings (SSSR count). The highest BCUT2D eigenvalue weighted by atomic mass is 19.1. The number of nitrogens with zero attached hydrogens (tertiary/aromatic N) is 3. The van der Waals surface area contributed by atoms with Crippen LogP contribution in [0, 0.1) is 17.1 Å². The second-order valence-electron chi connectivity index (χ2n) is 4.26. The Bertz CT molecular complexity index is 873. The van der Waals surface area contributed by atoms with Gasteiger partial charge >= 0.3 is 0 Å². The number of anilines is 1. The van der Waals surface area contributed by atoms with E-state index in [0.717, 1.165) is 6.07 Å². The van der Waals surface area contributed by atoms with E-state index in [0.29, 0.717) is 11.0 Å². The summed E-state index contributed by atoms with van der Waals surface area (Å²) in [6.45, 7) is 0. The number of hydrogen-bond donors (Lipinski definition) is 1. The standard InChI is InChI=1S/C15H9FN4O/c16-10-7-9(8-17)5-6-13(10)21-15-14(18)19-11-3-1-2-4-12(11)20-15/h1-7H,(H2,18,19). The number of benzene rings is 2. The fourth-order valence-electron chi connectivity index (χ4n) is 1.83. The zero-order valence-electron chi connectivity index (χ0n) is 10.7. The third-order valence-electron chi connectivity index (χ3n) is 2.83. The largest absolute Gasteiger partial charge is 0.433 e. The number of hydrogen-bond acceptors (Lipinski definition) is 5. The topological polar surface area (TPSA) is 84.8 Å². The Morgan fingerprint density at radius 2 is 1.81 bits per heavy atom. The molecule has 0 bridgehead atoms. The van der Waals surface area contributed by atoms with Crippen molar-refractivity contribution in [3.8, 4) is 17.7 Å². The van der Waals surface area contributed by atoms with Crippen LogP contribution in [0.4, 0.5) is 10.2 Å². The van der Waals surface area contributed by atoms with Crippen LogP contribution in [0.1, 0.15) is 5.56 Å². The van der Waals surface area contributed by atoms with Gasteiger partial charge in [0, 0.05) is 0 Å². The smallest absolute Gasteiger partial charge is 0.263 e. The molecule has 5 nitrogen and oxygen atoms in total. The molecular weight excluding hydrogens is 271 g/mol. The lowest BCUT2D eigenvalue weighted by Crippen LogP contribution is -2.00. The molecule has 1 heterocycles. The van der Waals surface area contributed by atoms with E-state index in [4.69, 9.17) is 15.7 Å². The van der Waals surface area contributed by atoms with Gasteiger partial charge in [-0.25, -0.2) is 14.4 Å². The predicted octanol–water partition coefficient (Wildman–Crippen LogP) is 3.02. The van der Waals surface area contributed by atoms with Crippen molar-refractivity contribution in [1.82, 2.24) is 9.97 Å². The minimum atomic E-state index is -0.664. The van der Waals surface area contributed by atoms with Crippen molar-refractivity contribution in [3.05, 3.63) is 53.8 Å². The Morgan fingerprint density at radius 3 is 2.48 bits per heavy atom. The maximum Gasteiger partial charge on any atom is 0.263 e. The number of ether oxygens (including phenoxy) is 1. The van der Waals surface area contributed by atoms with E-state index in [2.05, 4.69) is 9.97 Å². The van der Waals surface area contributed by atoms with Crippen LogP contribution >= 0.6 is 0 Å². The molecule has 0 atom stereocenters. The zero-order valence-corrected chi connectivity index (χ0v) is 10.7. The molecule has 0 saturated heterocycles. The number of fused-ring (bicyclic) bond motifs is 1. The average Bonchev–Trinajstić information content (AvgIpc) is 2.49. The molecule has 102 valence electrons. The van der Waals surface area contributed by atoms with Crippen LogP contribution in [0.2, 0.25) is 0 Å². The van der Waals surface area contributed by atoms with E-state index >= 15 is 0 Å². The zero-order chi connectivity index (χ0) is 14.8. The van der Waals surface area contributed by atoms with E-state index in [-0.39, 0.29) is 23.0 Å². The monoisotopic (exact) mass is 280 g/mol. The molecule has 3 aromatic rings. The fourth-order valence-corrected chi connectivity index (χ4v) is 1.83. The second kappa shape index (κ2) is 5.06. The van der Waals surface area contributed by atoms with Gasteiger partial charge in [-0.05, 0) is 30.3 Å². The molecule has 0 aliphatic rings. The molecule has 0 spiro atoms. The summed E-state index contributed by atoms with van der Waals surface area (Å²) in [6.07, 6.45) is 0. The van der Waals surface area contributed by atoms with Crippen LogP contribution in [0.5, 0.6) is 11.6 Å². The lowest BCUT2D eigenvalue weighted by Gasteiger charge is -2.08. The van der Waals surface area contributed by atoms with E-state index < -0.39 is 5.82 Å². The third-order valence-corrected chi connectivity index (χ3v) is 2.83. The summed E-state index contributed by atoms with van der Waals surface area (Å²) < 4.78 is 19.2. The van der Waals surface area contributed by atoms with E-state index in [1.165, 1.54) is 12.1 Å². The van der Waals surface area contributed by atoms with Gasteiger partial charge in [0.15, 0.2) is 17.4 Å². The molecule has 2 aromatic carbocycles. The quantitative estimate of drug-likeness (QED) is 0.779. The van der Waals surface area contributed by atoms with Crippen molar-refractivity contribution in [1.29, 1.82) is 5.26 Å². The van der Waals surface area contributed by atoms with Crippen LogP contribution in [-0.4, -0.2) is 9.97 Å². The average molecular weight is 280 g/mol. The van der Waals surface area contributed by atoms with Crippen molar-refractivity contribution < 1.29 is 9.13 Å². The van der Waals surface area contributed by atoms with Crippen LogP contribution in [-0.2, 0) is 0 Å². The summed E-state index contributed by atoms with van der Waals surface area (Å²) in [7, 11) is 0. The maximum atomic E-state index is 13.8.